The summed E-state index contributed by atoms with van der Waals surface area (Å²) in [6.45, 7) is 10.2. The smallest absolute Gasteiger partial charge is 0.251 e. The van der Waals surface area contributed by atoms with Gasteiger partial charge in [-0.1, -0.05) is 13.8 Å². The molecule has 4 heteroatoms. The summed E-state index contributed by atoms with van der Waals surface area (Å²) >= 11 is 0. The predicted octanol–water partition coefficient (Wildman–Crippen LogP) is 3.23. The third-order valence-corrected chi connectivity index (χ3v) is 3.18. The molecule has 0 aliphatic heterocycles. The Balaban J connectivity index is 2.42. The first-order valence-electron chi connectivity index (χ1n) is 6.98. The number of carbonyl (C=O) groups excluding carboxylic acids is 1. The Hall–Kier alpha value is -1.84. The predicted molar refractivity (Wildman–Crippen MR) is 82.0 cm³/mol. The molecule has 20 heavy (non-hydrogen) atoms. The van der Waals surface area contributed by atoms with E-state index in [9.17, 15) is 4.79 Å². The van der Waals surface area contributed by atoms with Crippen molar-refractivity contribution in [3.63, 3.8) is 0 Å². The fraction of sp³-hybridized carbons (Fsp3) is 0.500. The van der Waals surface area contributed by atoms with Crippen LogP contribution in [0.2, 0.25) is 0 Å². The van der Waals surface area contributed by atoms with Crippen molar-refractivity contribution in [3.8, 4) is 0 Å². The lowest BCUT2D eigenvalue weighted by molar-refractivity contribution is 0.0919. The Labute approximate surface area is 120 Å². The molecule has 0 unspecified atom stereocenters. The van der Waals surface area contributed by atoms with Crippen molar-refractivity contribution in [1.82, 2.24) is 14.9 Å². The van der Waals surface area contributed by atoms with E-state index in [1.807, 2.05) is 46.0 Å². The molecule has 0 saturated carbocycles. The molecule has 0 atom stereocenters. The van der Waals surface area contributed by atoms with Crippen LogP contribution < -0.4 is 5.32 Å². The number of nitrogens with zero attached hydrogens (tertiary/aromatic N) is 2. The molecule has 1 heterocycles. The van der Waals surface area contributed by atoms with Gasteiger partial charge in [0.15, 0.2) is 0 Å². The highest BCUT2D eigenvalue weighted by Gasteiger charge is 2.17. The standard InChI is InChI=1S/C16H23N3O/c1-10(2)14-17-12-9-11(7-8-13(12)19(14)6)15(20)18-16(3,4)5/h7-10H,1-6H3,(H,18,20). The van der Waals surface area contributed by atoms with Crippen LogP contribution in [0.25, 0.3) is 11.0 Å². The molecule has 1 aromatic carbocycles. The minimum atomic E-state index is -0.237. The summed E-state index contributed by atoms with van der Waals surface area (Å²) in [5.41, 5.74) is 2.35. The number of carbonyl (C=O) groups is 1. The zero-order valence-corrected chi connectivity index (χ0v) is 13.1. The number of nitrogens with one attached hydrogen (secondary N) is 1. The molecule has 0 fully saturated rings. The van der Waals surface area contributed by atoms with Gasteiger partial charge in [0, 0.05) is 24.1 Å². The lowest BCUT2D eigenvalue weighted by Gasteiger charge is -2.20. The Kier molecular flexibility index (Phi) is 3.59. The van der Waals surface area contributed by atoms with Gasteiger partial charge in [0.05, 0.1) is 11.0 Å². The molecular formula is C16H23N3O. The van der Waals surface area contributed by atoms with Crippen molar-refractivity contribution in [2.75, 3.05) is 0 Å². The zero-order valence-electron chi connectivity index (χ0n) is 13.1. The van der Waals surface area contributed by atoms with Crippen LogP contribution in [0.5, 0.6) is 0 Å². The largest absolute Gasteiger partial charge is 0.347 e. The number of aryl methyl sites for hydroxylation is 1. The van der Waals surface area contributed by atoms with Gasteiger partial charge in [-0.2, -0.15) is 0 Å². The third-order valence-electron chi connectivity index (χ3n) is 3.18. The number of imidazole rings is 1. The Morgan fingerprint density at radius 2 is 1.95 bits per heavy atom. The van der Waals surface area contributed by atoms with Gasteiger partial charge in [0.2, 0.25) is 0 Å². The summed E-state index contributed by atoms with van der Waals surface area (Å²) in [6, 6.07) is 5.68. The molecule has 0 saturated heterocycles. The molecule has 1 aromatic heterocycles. The molecule has 0 spiro atoms. The van der Waals surface area contributed by atoms with Crippen LogP contribution in [0.1, 0.15) is 56.7 Å². The average molecular weight is 273 g/mol. The van der Waals surface area contributed by atoms with Crippen LogP contribution >= 0.6 is 0 Å². The summed E-state index contributed by atoms with van der Waals surface area (Å²) < 4.78 is 2.09. The number of hydrogen-bond acceptors (Lipinski definition) is 2. The van der Waals surface area contributed by atoms with Crippen LogP contribution in [-0.4, -0.2) is 21.0 Å². The van der Waals surface area contributed by atoms with Gasteiger partial charge in [-0.05, 0) is 39.0 Å². The van der Waals surface area contributed by atoms with E-state index in [2.05, 4.69) is 28.7 Å². The molecule has 2 aromatic rings. The maximum Gasteiger partial charge on any atom is 0.251 e. The van der Waals surface area contributed by atoms with E-state index in [0.717, 1.165) is 16.9 Å². The van der Waals surface area contributed by atoms with E-state index < -0.39 is 0 Å². The second kappa shape index (κ2) is 4.93. The first-order chi connectivity index (χ1) is 9.19. The van der Waals surface area contributed by atoms with Gasteiger partial charge in [-0.15, -0.1) is 0 Å². The monoisotopic (exact) mass is 273 g/mol. The fourth-order valence-corrected chi connectivity index (χ4v) is 2.29. The summed E-state index contributed by atoms with van der Waals surface area (Å²) in [6.07, 6.45) is 0. The van der Waals surface area contributed by atoms with Crippen LogP contribution in [0.4, 0.5) is 0 Å². The van der Waals surface area contributed by atoms with Crippen molar-refractivity contribution < 1.29 is 4.79 Å². The van der Waals surface area contributed by atoms with Gasteiger partial charge in [-0.25, -0.2) is 4.98 Å². The minimum Gasteiger partial charge on any atom is -0.347 e. The second-order valence-corrected chi connectivity index (χ2v) is 6.59. The number of benzene rings is 1. The van der Waals surface area contributed by atoms with Crippen molar-refractivity contribution in [1.29, 1.82) is 0 Å². The minimum absolute atomic E-state index is 0.0591. The third kappa shape index (κ3) is 2.84. The van der Waals surface area contributed by atoms with E-state index >= 15 is 0 Å². The van der Waals surface area contributed by atoms with E-state index in [-0.39, 0.29) is 11.4 Å². The van der Waals surface area contributed by atoms with Crippen LogP contribution in [0.3, 0.4) is 0 Å². The van der Waals surface area contributed by atoms with E-state index in [4.69, 9.17) is 0 Å². The molecule has 2 rings (SSSR count). The summed E-state index contributed by atoms with van der Waals surface area (Å²) in [5.74, 6) is 1.34. The number of hydrogen-bond donors (Lipinski definition) is 1. The molecule has 1 N–H and O–H groups in total. The molecule has 4 nitrogen and oxygen atoms in total. The zero-order chi connectivity index (χ0) is 15.1. The van der Waals surface area contributed by atoms with Crippen molar-refractivity contribution in [2.24, 2.45) is 7.05 Å². The topological polar surface area (TPSA) is 46.9 Å². The molecular weight excluding hydrogens is 250 g/mol. The molecule has 0 aliphatic rings. The van der Waals surface area contributed by atoms with Gasteiger partial charge in [0.1, 0.15) is 5.82 Å². The SMILES string of the molecule is CC(C)c1nc2cc(C(=O)NC(C)(C)C)ccc2n1C. The molecule has 108 valence electrons. The Morgan fingerprint density at radius 3 is 2.50 bits per heavy atom. The van der Waals surface area contributed by atoms with E-state index in [1.54, 1.807) is 0 Å². The van der Waals surface area contributed by atoms with Crippen molar-refractivity contribution in [2.45, 2.75) is 46.1 Å². The van der Waals surface area contributed by atoms with Crippen molar-refractivity contribution >= 4 is 16.9 Å². The maximum absolute atomic E-state index is 12.2. The maximum atomic E-state index is 12.2. The van der Waals surface area contributed by atoms with E-state index in [0.29, 0.717) is 11.5 Å². The molecule has 1 amide bonds. The summed E-state index contributed by atoms with van der Waals surface area (Å²) in [5, 5.41) is 2.97. The highest BCUT2D eigenvalue weighted by Crippen LogP contribution is 2.21. The number of rotatable bonds is 2. The average Bonchev–Trinajstić information content (AvgIpc) is 2.64. The van der Waals surface area contributed by atoms with Crippen molar-refractivity contribution in [3.05, 3.63) is 29.6 Å². The normalized spacial score (nSPS) is 12.2. The highest BCUT2D eigenvalue weighted by atomic mass is 16.1. The molecule has 0 aliphatic carbocycles. The summed E-state index contributed by atoms with van der Waals surface area (Å²) in [7, 11) is 2.01. The summed E-state index contributed by atoms with van der Waals surface area (Å²) in [4.78, 5) is 16.8. The van der Waals surface area contributed by atoms with E-state index in [1.165, 1.54) is 0 Å². The van der Waals surface area contributed by atoms with Gasteiger partial charge >= 0.3 is 0 Å². The quantitative estimate of drug-likeness (QED) is 0.913. The number of amides is 1. The van der Waals surface area contributed by atoms with Gasteiger partial charge in [0.25, 0.3) is 5.91 Å². The van der Waals surface area contributed by atoms with Gasteiger partial charge in [-0.3, -0.25) is 4.79 Å². The number of aromatic nitrogens is 2. The Morgan fingerprint density at radius 1 is 1.30 bits per heavy atom. The van der Waals surface area contributed by atoms with Crippen LogP contribution in [-0.2, 0) is 7.05 Å². The fourth-order valence-electron chi connectivity index (χ4n) is 2.29. The van der Waals surface area contributed by atoms with Crippen LogP contribution in [0, 0.1) is 0 Å². The highest BCUT2D eigenvalue weighted by molar-refractivity contribution is 5.97. The van der Waals surface area contributed by atoms with Crippen LogP contribution in [0.15, 0.2) is 18.2 Å². The first-order valence-corrected chi connectivity index (χ1v) is 6.98. The first kappa shape index (κ1) is 14.6. The molecule has 0 bridgehead atoms. The number of fused-ring (bicyclic) bond motifs is 1. The van der Waals surface area contributed by atoms with Gasteiger partial charge < -0.3 is 9.88 Å². The Bertz CT molecular complexity index is 648. The lowest BCUT2D eigenvalue weighted by Crippen LogP contribution is -2.40. The lowest BCUT2D eigenvalue weighted by atomic mass is 10.1. The second-order valence-electron chi connectivity index (χ2n) is 6.59. The molecule has 0 radical (unpaired) electrons.